The van der Waals surface area contributed by atoms with Crippen LogP contribution in [0.25, 0.3) is 22.7 Å². The highest BCUT2D eigenvalue weighted by molar-refractivity contribution is 14.1. The van der Waals surface area contributed by atoms with E-state index in [0.29, 0.717) is 11.4 Å². The lowest BCUT2D eigenvalue weighted by Crippen LogP contribution is -1.85. The summed E-state index contributed by atoms with van der Waals surface area (Å²) < 4.78 is 1.14. The van der Waals surface area contributed by atoms with Gasteiger partial charge in [0.2, 0.25) is 0 Å². The summed E-state index contributed by atoms with van der Waals surface area (Å²) in [7, 11) is 0. The van der Waals surface area contributed by atoms with Gasteiger partial charge in [-0.15, -0.1) is 0 Å². The Labute approximate surface area is 136 Å². The molecule has 0 saturated heterocycles. The van der Waals surface area contributed by atoms with Gasteiger partial charge in [-0.1, -0.05) is 18.2 Å². The number of aromatic nitrogens is 2. The zero-order valence-electron chi connectivity index (χ0n) is 11.4. The van der Waals surface area contributed by atoms with Crippen LogP contribution in [0.3, 0.4) is 0 Å². The van der Waals surface area contributed by atoms with Crippen molar-refractivity contribution >= 4 is 45.3 Å². The van der Waals surface area contributed by atoms with Crippen LogP contribution in [0.2, 0.25) is 0 Å². The van der Waals surface area contributed by atoms with Crippen molar-refractivity contribution in [1.82, 2.24) is 9.97 Å². The molecule has 1 heterocycles. The minimum atomic E-state index is 0.533. The van der Waals surface area contributed by atoms with E-state index in [0.717, 1.165) is 25.7 Å². The van der Waals surface area contributed by atoms with Crippen molar-refractivity contribution in [2.75, 3.05) is 0 Å². The lowest BCUT2D eigenvalue weighted by molar-refractivity contribution is 1.27. The van der Waals surface area contributed by atoms with Crippen LogP contribution >= 0.6 is 22.6 Å². The minimum Gasteiger partial charge on any atom is -0.337 e. The van der Waals surface area contributed by atoms with Crippen LogP contribution in [0.5, 0.6) is 0 Å². The minimum absolute atomic E-state index is 0.533. The second-order valence-electron chi connectivity index (χ2n) is 4.83. The quantitative estimate of drug-likeness (QED) is 0.520. The van der Waals surface area contributed by atoms with Crippen molar-refractivity contribution in [3.05, 3.63) is 63.0 Å². The zero-order valence-corrected chi connectivity index (χ0v) is 13.5. The Hall–Kier alpha value is -2.13. The number of imidazole rings is 1. The number of nitrogens with zero attached hydrogens (tertiary/aromatic N) is 2. The lowest BCUT2D eigenvalue weighted by atomic mass is 10.1. The van der Waals surface area contributed by atoms with Crippen LogP contribution in [0, 0.1) is 21.8 Å². The van der Waals surface area contributed by atoms with Crippen LogP contribution in [-0.4, -0.2) is 9.97 Å². The molecule has 0 fully saturated rings. The highest BCUT2D eigenvalue weighted by Crippen LogP contribution is 2.20. The van der Waals surface area contributed by atoms with Crippen LogP contribution in [-0.2, 0) is 0 Å². The molecule has 0 spiro atoms. The highest BCUT2D eigenvalue weighted by atomic mass is 127. The fraction of sp³-hybridized carbons (Fsp3) is 0.0588. The summed E-state index contributed by atoms with van der Waals surface area (Å²) in [6, 6.07) is 16.2. The van der Waals surface area contributed by atoms with Gasteiger partial charge < -0.3 is 4.98 Å². The molecule has 0 unspecified atom stereocenters. The van der Waals surface area contributed by atoms with Gasteiger partial charge in [0.15, 0.2) is 0 Å². The largest absolute Gasteiger partial charge is 0.337 e. The molecule has 0 aliphatic carbocycles. The SMILES string of the molecule is Cc1ccc2nc(/C(C#N)=C\c3cccc(I)c3)[nH]c2c1. The molecule has 0 amide bonds. The number of hydrogen-bond acceptors (Lipinski definition) is 2. The van der Waals surface area contributed by atoms with Gasteiger partial charge in [-0.05, 0) is 71.0 Å². The zero-order chi connectivity index (χ0) is 14.8. The predicted molar refractivity (Wildman–Crippen MR) is 93.5 cm³/mol. The number of fused-ring (bicyclic) bond motifs is 1. The molecule has 3 aromatic rings. The third-order valence-corrected chi connectivity index (χ3v) is 3.84. The Bertz CT molecular complexity index is 884. The number of halogens is 1. The standard InChI is InChI=1S/C17H12IN3/c1-11-5-6-15-16(7-11)21-17(20-15)13(10-19)8-12-3-2-4-14(18)9-12/h2-9H,1H3,(H,20,21)/b13-8-. The number of hydrogen-bond donors (Lipinski definition) is 1. The van der Waals surface area contributed by atoms with Crippen molar-refractivity contribution in [2.24, 2.45) is 0 Å². The average Bonchev–Trinajstić information content (AvgIpc) is 2.87. The first kappa shape index (κ1) is 13.8. The molecular formula is C17H12IN3. The van der Waals surface area contributed by atoms with Crippen LogP contribution in [0.4, 0.5) is 0 Å². The van der Waals surface area contributed by atoms with E-state index in [-0.39, 0.29) is 0 Å². The first-order chi connectivity index (χ1) is 10.2. The maximum atomic E-state index is 9.41. The summed E-state index contributed by atoms with van der Waals surface area (Å²) in [5.74, 6) is 0.608. The fourth-order valence-corrected chi connectivity index (χ4v) is 2.73. The molecule has 3 nitrogen and oxygen atoms in total. The number of aromatic amines is 1. The van der Waals surface area contributed by atoms with Crippen molar-refractivity contribution in [3.63, 3.8) is 0 Å². The van der Waals surface area contributed by atoms with Crippen molar-refractivity contribution in [1.29, 1.82) is 5.26 Å². The molecule has 21 heavy (non-hydrogen) atoms. The maximum Gasteiger partial charge on any atom is 0.149 e. The predicted octanol–water partition coefficient (Wildman–Crippen LogP) is 4.54. The van der Waals surface area contributed by atoms with E-state index in [1.807, 2.05) is 55.5 Å². The van der Waals surface area contributed by atoms with E-state index in [1.54, 1.807) is 0 Å². The molecule has 0 atom stereocenters. The number of nitrogens with one attached hydrogen (secondary N) is 1. The molecule has 0 saturated carbocycles. The van der Waals surface area contributed by atoms with Crippen molar-refractivity contribution in [2.45, 2.75) is 6.92 Å². The Balaban J connectivity index is 2.08. The summed E-state index contributed by atoms with van der Waals surface area (Å²) in [4.78, 5) is 7.71. The van der Waals surface area contributed by atoms with Gasteiger partial charge in [0.1, 0.15) is 11.9 Å². The van der Waals surface area contributed by atoms with Gasteiger partial charge in [0.25, 0.3) is 0 Å². The van der Waals surface area contributed by atoms with Crippen molar-refractivity contribution < 1.29 is 0 Å². The topological polar surface area (TPSA) is 52.5 Å². The van der Waals surface area contributed by atoms with E-state index >= 15 is 0 Å². The molecule has 3 rings (SSSR count). The van der Waals surface area contributed by atoms with Gasteiger partial charge in [-0.3, -0.25) is 0 Å². The molecular weight excluding hydrogens is 373 g/mol. The molecule has 102 valence electrons. The van der Waals surface area contributed by atoms with Gasteiger partial charge in [-0.2, -0.15) is 5.26 Å². The number of rotatable bonds is 2. The van der Waals surface area contributed by atoms with Gasteiger partial charge >= 0.3 is 0 Å². The number of benzene rings is 2. The summed E-state index contributed by atoms with van der Waals surface area (Å²) >= 11 is 2.26. The fourth-order valence-electron chi connectivity index (χ4n) is 2.17. The maximum absolute atomic E-state index is 9.41. The van der Waals surface area contributed by atoms with Gasteiger partial charge in [0.05, 0.1) is 16.6 Å². The summed E-state index contributed by atoms with van der Waals surface area (Å²) in [6.07, 6.45) is 1.85. The lowest BCUT2D eigenvalue weighted by Gasteiger charge is -1.96. The summed E-state index contributed by atoms with van der Waals surface area (Å²) in [5, 5.41) is 9.41. The highest BCUT2D eigenvalue weighted by Gasteiger charge is 2.08. The van der Waals surface area contributed by atoms with Crippen LogP contribution in [0.15, 0.2) is 42.5 Å². The van der Waals surface area contributed by atoms with Gasteiger partial charge in [-0.25, -0.2) is 4.98 Å². The Morgan fingerprint density at radius 1 is 1.29 bits per heavy atom. The van der Waals surface area contributed by atoms with E-state index < -0.39 is 0 Å². The Morgan fingerprint density at radius 3 is 2.90 bits per heavy atom. The molecule has 0 aliphatic heterocycles. The Morgan fingerprint density at radius 2 is 2.14 bits per heavy atom. The molecule has 0 aliphatic rings. The molecule has 2 aromatic carbocycles. The number of aryl methyl sites for hydroxylation is 1. The molecule has 1 aromatic heterocycles. The first-order valence-corrected chi connectivity index (χ1v) is 7.58. The Kier molecular flexibility index (Phi) is 3.76. The van der Waals surface area contributed by atoms with E-state index in [2.05, 4.69) is 38.6 Å². The molecule has 1 N–H and O–H groups in total. The monoisotopic (exact) mass is 385 g/mol. The second kappa shape index (κ2) is 5.70. The third kappa shape index (κ3) is 2.98. The summed E-state index contributed by atoms with van der Waals surface area (Å²) in [5.41, 5.74) is 4.52. The smallest absolute Gasteiger partial charge is 0.149 e. The van der Waals surface area contributed by atoms with Crippen molar-refractivity contribution in [3.8, 4) is 6.07 Å². The molecule has 0 radical (unpaired) electrons. The van der Waals surface area contributed by atoms with E-state index in [9.17, 15) is 5.26 Å². The third-order valence-electron chi connectivity index (χ3n) is 3.17. The number of nitriles is 1. The molecule has 4 heteroatoms. The van der Waals surface area contributed by atoms with Gasteiger partial charge in [0, 0.05) is 3.57 Å². The number of H-pyrrole nitrogens is 1. The van der Waals surface area contributed by atoms with E-state index in [4.69, 9.17) is 0 Å². The molecule has 0 bridgehead atoms. The summed E-state index contributed by atoms with van der Waals surface area (Å²) in [6.45, 7) is 2.03. The number of allylic oxidation sites excluding steroid dienone is 1. The second-order valence-corrected chi connectivity index (χ2v) is 6.08. The van der Waals surface area contributed by atoms with Crippen LogP contribution in [0.1, 0.15) is 17.0 Å². The first-order valence-electron chi connectivity index (χ1n) is 6.50. The average molecular weight is 385 g/mol. The van der Waals surface area contributed by atoms with E-state index in [1.165, 1.54) is 0 Å². The normalized spacial score (nSPS) is 11.6. The van der Waals surface area contributed by atoms with Crippen LogP contribution < -0.4 is 0 Å².